The normalized spacial score (nSPS) is 14.2. The Morgan fingerprint density at radius 1 is 0.562 bits per heavy atom. The molecule has 220 valence electrons. The average Bonchev–Trinajstić information content (AvgIpc) is 3.48. The van der Waals surface area contributed by atoms with E-state index in [1.165, 1.54) is 65.4 Å². The van der Waals surface area contributed by atoms with Crippen LogP contribution in [0.2, 0.25) is 0 Å². The second-order valence-corrected chi connectivity index (χ2v) is 14.1. The number of rotatable bonds is 1. The van der Waals surface area contributed by atoms with Gasteiger partial charge in [-0.05, 0) is 81.9 Å². The minimum Gasteiger partial charge on any atom is -0.458 e. The van der Waals surface area contributed by atoms with Gasteiger partial charge < -0.3 is 14.2 Å². The van der Waals surface area contributed by atoms with Crippen molar-refractivity contribution in [3.8, 4) is 17.2 Å². The van der Waals surface area contributed by atoms with Crippen LogP contribution in [-0.2, 0) is 0 Å². The fourth-order valence-electron chi connectivity index (χ4n) is 8.87. The van der Waals surface area contributed by atoms with Crippen LogP contribution in [0.15, 0.2) is 149 Å². The molecule has 4 nitrogen and oxygen atoms in total. The molecule has 48 heavy (non-hydrogen) atoms. The van der Waals surface area contributed by atoms with E-state index in [1.807, 2.05) is 0 Å². The highest BCUT2D eigenvalue weighted by Gasteiger charge is 2.46. The summed E-state index contributed by atoms with van der Waals surface area (Å²) in [7, 11) is 0. The number of ether oxygens (including phenoxy) is 1. The van der Waals surface area contributed by atoms with Gasteiger partial charge >= 0.3 is 0 Å². The number of aromatic nitrogens is 2. The second-order valence-electron chi connectivity index (χ2n) is 13.0. The number of anilines is 3. The summed E-state index contributed by atoms with van der Waals surface area (Å²) in [6.45, 7) is 0.0326. The smallest absolute Gasteiger partial charge is 0.275 e. The first-order valence-corrected chi connectivity index (χ1v) is 17.3. The van der Waals surface area contributed by atoms with Gasteiger partial charge in [0.1, 0.15) is 11.5 Å². The van der Waals surface area contributed by atoms with E-state index in [2.05, 4.69) is 149 Å². The zero-order valence-corrected chi connectivity index (χ0v) is 26.4. The molecule has 0 fully saturated rings. The molecule has 2 aromatic heterocycles. The van der Waals surface area contributed by atoms with Crippen molar-refractivity contribution in [3.63, 3.8) is 0 Å². The quantitative estimate of drug-likeness (QED) is 0.213. The van der Waals surface area contributed by atoms with Crippen molar-refractivity contribution in [2.45, 2.75) is 9.92 Å². The first kappa shape index (κ1) is 25.4. The van der Waals surface area contributed by atoms with Gasteiger partial charge in [-0.25, -0.2) is 0 Å². The number of benzene rings is 6. The Balaban J connectivity index is 1.21. The summed E-state index contributed by atoms with van der Waals surface area (Å²) in [4.78, 5) is 9.43. The highest BCUT2D eigenvalue weighted by atomic mass is 32.2. The van der Waals surface area contributed by atoms with Gasteiger partial charge in [0.05, 0.1) is 16.2 Å². The Morgan fingerprint density at radius 2 is 1.31 bits per heavy atom. The molecule has 0 saturated carbocycles. The van der Waals surface area contributed by atoms with E-state index in [1.54, 1.807) is 11.8 Å². The molecule has 0 spiro atoms. The van der Waals surface area contributed by atoms with Crippen molar-refractivity contribution in [1.82, 2.24) is 9.55 Å². The number of hydrogen-bond acceptors (Lipinski definition) is 4. The molecular formula is C41H23B2N3OS. The van der Waals surface area contributed by atoms with E-state index in [4.69, 9.17) is 9.72 Å². The molecule has 0 amide bonds. The molecule has 0 bridgehead atoms. The Morgan fingerprint density at radius 3 is 2.27 bits per heavy atom. The lowest BCUT2D eigenvalue weighted by Crippen LogP contribution is -2.63. The van der Waals surface area contributed by atoms with Crippen molar-refractivity contribution >= 4 is 97.0 Å². The number of hydrogen-bond donors (Lipinski definition) is 0. The zero-order chi connectivity index (χ0) is 31.1. The fraction of sp³-hybridized carbons (Fsp3) is 0. The van der Waals surface area contributed by atoms with Gasteiger partial charge in [-0.1, -0.05) is 96.7 Å². The minimum atomic E-state index is -0.00715. The van der Waals surface area contributed by atoms with Gasteiger partial charge in [0, 0.05) is 43.8 Å². The maximum atomic E-state index is 6.49. The number of pyridine rings is 1. The first-order valence-electron chi connectivity index (χ1n) is 16.5. The van der Waals surface area contributed by atoms with E-state index in [0.29, 0.717) is 0 Å². The largest absolute Gasteiger partial charge is 0.458 e. The van der Waals surface area contributed by atoms with Crippen molar-refractivity contribution in [3.05, 3.63) is 140 Å². The topological polar surface area (TPSA) is 30.3 Å². The summed E-state index contributed by atoms with van der Waals surface area (Å²) in [5, 5.41) is 3.65. The molecule has 0 unspecified atom stereocenters. The summed E-state index contributed by atoms with van der Waals surface area (Å²) in [6, 6.07) is 50.6. The molecule has 8 aromatic rings. The van der Waals surface area contributed by atoms with Crippen molar-refractivity contribution in [2.75, 3.05) is 4.90 Å². The van der Waals surface area contributed by atoms with Gasteiger partial charge in [0.2, 0.25) is 0 Å². The van der Waals surface area contributed by atoms with Crippen LogP contribution < -0.4 is 42.5 Å². The van der Waals surface area contributed by atoms with Crippen LogP contribution in [0, 0.1) is 0 Å². The molecule has 7 heteroatoms. The zero-order valence-electron chi connectivity index (χ0n) is 25.6. The average molecular weight is 627 g/mol. The summed E-state index contributed by atoms with van der Waals surface area (Å²) >= 11 is 1.78. The predicted molar refractivity (Wildman–Crippen MR) is 200 cm³/mol. The van der Waals surface area contributed by atoms with E-state index < -0.39 is 0 Å². The minimum absolute atomic E-state index is 0.00715. The van der Waals surface area contributed by atoms with Crippen molar-refractivity contribution in [1.29, 1.82) is 0 Å². The maximum Gasteiger partial charge on any atom is 0.275 e. The first-order chi connectivity index (χ1) is 23.8. The number of nitrogens with zero attached hydrogens (tertiary/aromatic N) is 3. The molecule has 6 aromatic carbocycles. The fourth-order valence-corrected chi connectivity index (χ4v) is 10.00. The summed E-state index contributed by atoms with van der Waals surface area (Å²) in [5.41, 5.74) is 14.6. The molecule has 0 N–H and O–H groups in total. The summed E-state index contributed by atoms with van der Waals surface area (Å²) < 4.78 is 8.98. The molecule has 0 atom stereocenters. The third kappa shape index (κ3) is 3.08. The number of para-hydroxylation sites is 4. The van der Waals surface area contributed by atoms with Crippen molar-refractivity contribution in [2.24, 2.45) is 0 Å². The van der Waals surface area contributed by atoms with E-state index in [-0.39, 0.29) is 13.4 Å². The van der Waals surface area contributed by atoms with Crippen LogP contribution in [-0.4, -0.2) is 23.0 Å². The lowest BCUT2D eigenvalue weighted by molar-refractivity contribution is 0.486. The monoisotopic (exact) mass is 627 g/mol. The van der Waals surface area contributed by atoms with Gasteiger partial charge in [-0.15, -0.1) is 0 Å². The maximum absolute atomic E-state index is 6.49. The van der Waals surface area contributed by atoms with Crippen LogP contribution in [0.5, 0.6) is 11.5 Å². The highest BCUT2D eigenvalue weighted by molar-refractivity contribution is 8.00. The van der Waals surface area contributed by atoms with E-state index in [9.17, 15) is 0 Å². The lowest BCUT2D eigenvalue weighted by Gasteiger charge is -2.41. The molecule has 12 rings (SSSR count). The van der Waals surface area contributed by atoms with Gasteiger partial charge in [0.15, 0.2) is 0 Å². The standard InChI is InChI=1S/C41H23B2N3OS/c1-2-11-24(12-3-1)45-31-18-9-19-32-37(31)43(28-16-8-14-26-25-13-4-6-17-30(25)46(32)39(26)28)40-33(45)23-29-41(44-40)48-36-22-10-21-35-38(36)42(29)27-15-5-7-20-34(27)47-35/h1-23H. The van der Waals surface area contributed by atoms with E-state index >= 15 is 0 Å². The van der Waals surface area contributed by atoms with Crippen LogP contribution in [0.25, 0.3) is 27.5 Å². The van der Waals surface area contributed by atoms with E-state index in [0.717, 1.165) is 33.5 Å². The third-order valence-corrected chi connectivity index (χ3v) is 11.8. The Labute approximate surface area is 281 Å². The summed E-state index contributed by atoms with van der Waals surface area (Å²) in [5.74, 6) is 1.86. The third-order valence-electron chi connectivity index (χ3n) is 10.7. The Kier molecular flexibility index (Phi) is 4.79. The molecule has 6 heterocycles. The molecular weight excluding hydrogens is 604 g/mol. The van der Waals surface area contributed by atoms with Gasteiger partial charge in [-0.3, -0.25) is 4.98 Å². The van der Waals surface area contributed by atoms with Gasteiger partial charge in [-0.2, -0.15) is 0 Å². The Hall–Kier alpha value is -5.65. The van der Waals surface area contributed by atoms with Crippen LogP contribution >= 0.6 is 11.8 Å². The van der Waals surface area contributed by atoms with Crippen LogP contribution in [0.3, 0.4) is 0 Å². The van der Waals surface area contributed by atoms with Crippen LogP contribution in [0.1, 0.15) is 0 Å². The second kappa shape index (κ2) is 9.03. The predicted octanol–water partition coefficient (Wildman–Crippen LogP) is 5.88. The SMILES string of the molecule is c1ccc(N2c3cc4c(nc3B3c5c2cccc5-n2c5ccccc5c5cccc3c52)Sc2cccc3c2B4c2ccccc2O3)cc1. The Bertz CT molecular complexity index is 2720. The number of fused-ring (bicyclic) bond motifs is 11. The molecule has 0 aliphatic carbocycles. The molecule has 0 radical (unpaired) electrons. The lowest BCUT2D eigenvalue weighted by atomic mass is 9.34. The van der Waals surface area contributed by atoms with Crippen molar-refractivity contribution < 1.29 is 4.74 Å². The highest BCUT2D eigenvalue weighted by Crippen LogP contribution is 2.42. The molecule has 0 saturated heterocycles. The van der Waals surface area contributed by atoms with Gasteiger partial charge in [0.25, 0.3) is 13.4 Å². The molecule has 4 aliphatic heterocycles. The van der Waals surface area contributed by atoms with Crippen LogP contribution in [0.4, 0.5) is 17.1 Å². The summed E-state index contributed by atoms with van der Waals surface area (Å²) in [6.07, 6.45) is 0. The molecule has 4 aliphatic rings.